The molecule has 0 aromatic heterocycles. The van der Waals surface area contributed by atoms with Crippen molar-refractivity contribution in [3.05, 3.63) is 0 Å². The topological polar surface area (TPSA) is 35.9 Å². The number of aliphatic hydroxyl groups is 1. The van der Waals surface area contributed by atoms with Gasteiger partial charge in [0, 0.05) is 48.5 Å². The molecule has 12 heavy (non-hydrogen) atoms. The molecule has 0 amide bonds. The van der Waals surface area contributed by atoms with Crippen LogP contribution in [0.1, 0.15) is 6.42 Å². The molecule has 2 atom stereocenters. The monoisotopic (exact) mass is 284 g/mol. The molecule has 2 aliphatic rings. The summed E-state index contributed by atoms with van der Waals surface area (Å²) in [6, 6.07) is 0.486. The number of ether oxygens (including phenoxy) is 1. The molecule has 2 heterocycles. The number of fused-ring (bicyclic) bond motifs is 1. The summed E-state index contributed by atoms with van der Waals surface area (Å²) in [5, 5.41) is 9.47. The average Bonchev–Trinajstić information content (AvgIpc) is 2.04. The molecule has 2 rings (SSSR count). The summed E-state index contributed by atoms with van der Waals surface area (Å²) < 4.78 is 7.42. The molecular formula is C7H13IN2O2. The van der Waals surface area contributed by atoms with E-state index in [4.69, 9.17) is 4.74 Å². The van der Waals surface area contributed by atoms with Gasteiger partial charge < -0.3 is 9.84 Å². The molecule has 0 spiro atoms. The van der Waals surface area contributed by atoms with Gasteiger partial charge in [0.15, 0.2) is 0 Å². The Morgan fingerprint density at radius 2 is 2.25 bits per heavy atom. The van der Waals surface area contributed by atoms with E-state index in [-0.39, 0.29) is 0 Å². The van der Waals surface area contributed by atoms with Gasteiger partial charge in [-0.3, -0.25) is 0 Å². The van der Waals surface area contributed by atoms with Crippen molar-refractivity contribution in [3.63, 3.8) is 0 Å². The quantitative estimate of drug-likeness (QED) is 0.502. The number of hydrogen-bond donors (Lipinski definition) is 1. The Balaban J connectivity index is 1.99. The maximum absolute atomic E-state index is 9.47. The van der Waals surface area contributed by atoms with Gasteiger partial charge in [0.1, 0.15) is 0 Å². The van der Waals surface area contributed by atoms with Crippen molar-refractivity contribution < 1.29 is 9.84 Å². The fraction of sp³-hybridized carbons (Fsp3) is 1.00. The number of halogens is 1. The lowest BCUT2D eigenvalue weighted by atomic mass is 10.1. The molecule has 0 aliphatic carbocycles. The lowest BCUT2D eigenvalue weighted by molar-refractivity contribution is -0.240. The highest BCUT2D eigenvalue weighted by Gasteiger charge is 2.33. The van der Waals surface area contributed by atoms with E-state index in [2.05, 4.69) is 26.0 Å². The van der Waals surface area contributed by atoms with Crippen LogP contribution in [-0.2, 0) is 4.74 Å². The molecule has 0 aromatic carbocycles. The van der Waals surface area contributed by atoms with Gasteiger partial charge in [0.2, 0.25) is 6.41 Å². The van der Waals surface area contributed by atoms with Crippen LogP contribution in [0.2, 0.25) is 0 Å². The second-order valence-corrected chi connectivity index (χ2v) is 4.61. The smallest absolute Gasteiger partial charge is 0.216 e. The van der Waals surface area contributed by atoms with Gasteiger partial charge in [-0.2, -0.15) is 0 Å². The van der Waals surface area contributed by atoms with Gasteiger partial charge >= 0.3 is 0 Å². The summed E-state index contributed by atoms with van der Waals surface area (Å²) in [4.78, 5) is 2.04. The van der Waals surface area contributed by atoms with Crippen LogP contribution >= 0.6 is 22.9 Å². The lowest BCUT2D eigenvalue weighted by Gasteiger charge is -2.44. The van der Waals surface area contributed by atoms with E-state index >= 15 is 0 Å². The molecule has 1 N–H and O–H groups in total. The van der Waals surface area contributed by atoms with Crippen LogP contribution in [0, 0.1) is 0 Å². The summed E-state index contributed by atoms with van der Waals surface area (Å²) >= 11 is 2.34. The normalized spacial score (nSPS) is 39.5. The third kappa shape index (κ3) is 1.74. The Morgan fingerprint density at radius 3 is 3.08 bits per heavy atom. The summed E-state index contributed by atoms with van der Waals surface area (Å²) in [6.07, 6.45) is 0.380. The van der Waals surface area contributed by atoms with E-state index in [1.165, 1.54) is 0 Å². The predicted molar refractivity (Wildman–Crippen MR) is 52.7 cm³/mol. The highest BCUT2D eigenvalue weighted by Crippen LogP contribution is 2.21. The maximum atomic E-state index is 9.47. The van der Waals surface area contributed by atoms with Crippen molar-refractivity contribution in [2.24, 2.45) is 0 Å². The second kappa shape index (κ2) is 3.75. The summed E-state index contributed by atoms with van der Waals surface area (Å²) in [6.45, 7) is 3.65. The number of nitrogens with zero attached hydrogens (tertiary/aromatic N) is 2. The zero-order valence-corrected chi connectivity index (χ0v) is 8.98. The van der Waals surface area contributed by atoms with Gasteiger partial charge in [-0.1, -0.05) is 0 Å². The highest BCUT2D eigenvalue weighted by molar-refractivity contribution is 14.1. The average molecular weight is 284 g/mol. The largest absolute Gasteiger partial charge is 0.356 e. The molecule has 4 nitrogen and oxygen atoms in total. The minimum absolute atomic E-state index is 0.486. The fourth-order valence-corrected chi connectivity index (χ4v) is 2.45. The molecule has 70 valence electrons. The molecule has 0 bridgehead atoms. The maximum Gasteiger partial charge on any atom is 0.216 e. The van der Waals surface area contributed by atoms with E-state index in [1.807, 2.05) is 4.90 Å². The molecule has 2 saturated heterocycles. The number of piperazine rings is 1. The zero-order valence-electron chi connectivity index (χ0n) is 6.82. The summed E-state index contributed by atoms with van der Waals surface area (Å²) in [5.74, 6) is 0. The van der Waals surface area contributed by atoms with Crippen molar-refractivity contribution in [1.29, 1.82) is 0 Å². The first kappa shape index (κ1) is 9.14. The zero-order chi connectivity index (χ0) is 8.55. The highest BCUT2D eigenvalue weighted by atomic mass is 127. The number of rotatable bonds is 0. The van der Waals surface area contributed by atoms with Crippen LogP contribution in [0.25, 0.3) is 0 Å². The van der Waals surface area contributed by atoms with E-state index in [1.54, 1.807) is 0 Å². The van der Waals surface area contributed by atoms with E-state index in [9.17, 15) is 5.11 Å². The Kier molecular flexibility index (Phi) is 2.85. The van der Waals surface area contributed by atoms with Crippen LogP contribution in [0.3, 0.4) is 0 Å². The van der Waals surface area contributed by atoms with Crippen LogP contribution < -0.4 is 0 Å². The Morgan fingerprint density at radius 1 is 1.42 bits per heavy atom. The van der Waals surface area contributed by atoms with Crippen LogP contribution in [0.15, 0.2) is 0 Å². The van der Waals surface area contributed by atoms with Gasteiger partial charge in [-0.25, -0.2) is 8.01 Å². The number of aliphatic hydroxyl groups excluding tert-OH is 1. The lowest BCUT2D eigenvalue weighted by Crippen LogP contribution is -2.57. The Hall–Kier alpha value is 0.570. The molecule has 2 fully saturated rings. The van der Waals surface area contributed by atoms with E-state index in [0.717, 1.165) is 26.1 Å². The van der Waals surface area contributed by atoms with E-state index in [0.29, 0.717) is 12.6 Å². The minimum Gasteiger partial charge on any atom is -0.356 e. The van der Waals surface area contributed by atoms with Gasteiger partial charge in [0.25, 0.3) is 0 Å². The predicted octanol–water partition coefficient (Wildman–Crippen LogP) is 0.0188. The minimum atomic E-state index is -0.658. The Labute approximate surface area is 86.0 Å². The van der Waals surface area contributed by atoms with Crippen molar-refractivity contribution in [1.82, 2.24) is 8.01 Å². The first-order chi connectivity index (χ1) is 5.77. The van der Waals surface area contributed by atoms with Crippen LogP contribution in [0.4, 0.5) is 0 Å². The summed E-state index contributed by atoms with van der Waals surface area (Å²) in [5.41, 5.74) is 0. The molecule has 0 radical (unpaired) electrons. The van der Waals surface area contributed by atoms with Crippen molar-refractivity contribution in [2.75, 3.05) is 26.2 Å². The van der Waals surface area contributed by atoms with Gasteiger partial charge in [-0.05, 0) is 6.42 Å². The molecule has 2 aliphatic heterocycles. The van der Waals surface area contributed by atoms with Crippen molar-refractivity contribution in [3.8, 4) is 0 Å². The fourth-order valence-electron chi connectivity index (χ4n) is 1.78. The summed E-state index contributed by atoms with van der Waals surface area (Å²) in [7, 11) is 0. The van der Waals surface area contributed by atoms with Gasteiger partial charge in [0.05, 0.1) is 6.61 Å². The SMILES string of the molecule is OC1OCCC2CN(I)CCN21. The standard InChI is InChI=1S/C7H13IN2O2/c8-9-2-3-10-6(5-9)1-4-12-7(10)11/h6-7,11H,1-5H2. The Bertz CT molecular complexity index is 169. The van der Waals surface area contributed by atoms with Gasteiger partial charge in [-0.15, -0.1) is 0 Å². The molecule has 5 heteroatoms. The molecule has 0 aromatic rings. The van der Waals surface area contributed by atoms with Crippen LogP contribution in [-0.4, -0.2) is 51.8 Å². The third-order valence-corrected chi connectivity index (χ3v) is 3.36. The second-order valence-electron chi connectivity index (χ2n) is 3.25. The van der Waals surface area contributed by atoms with E-state index < -0.39 is 6.41 Å². The molecule has 0 saturated carbocycles. The first-order valence-electron chi connectivity index (χ1n) is 4.23. The molecular weight excluding hydrogens is 271 g/mol. The third-order valence-electron chi connectivity index (χ3n) is 2.48. The van der Waals surface area contributed by atoms with Crippen molar-refractivity contribution >= 4 is 22.9 Å². The molecule has 2 unspecified atom stereocenters. The first-order valence-corrected chi connectivity index (χ1v) is 5.20. The van der Waals surface area contributed by atoms with Crippen molar-refractivity contribution in [2.45, 2.75) is 18.9 Å². The van der Waals surface area contributed by atoms with Crippen LogP contribution in [0.5, 0.6) is 0 Å². The number of hydrogen-bond acceptors (Lipinski definition) is 4.